The summed E-state index contributed by atoms with van der Waals surface area (Å²) in [5.41, 5.74) is 3.23. The van der Waals surface area contributed by atoms with Crippen molar-refractivity contribution in [3.05, 3.63) is 58.8 Å². The standard InChI is InChI=1S/C25H30N2O3/c1-16-11-17(2)14-27(13-16)15-21-22(28)10-9-20-24(29)23(30-25(20)21)12-18-5-7-19(8-6-18)26(3)4/h5-10,12,16-17,28H,11,13-15H2,1-4H3/b23-12+. The summed E-state index contributed by atoms with van der Waals surface area (Å²) in [7, 11) is 3.98. The lowest BCUT2D eigenvalue weighted by Gasteiger charge is -2.35. The molecule has 1 fully saturated rings. The van der Waals surface area contributed by atoms with Gasteiger partial charge in [-0.25, -0.2) is 0 Å². The fraction of sp³-hybridized carbons (Fsp3) is 0.400. The second-order valence-corrected chi connectivity index (χ2v) is 9.01. The first-order valence-electron chi connectivity index (χ1n) is 10.6. The van der Waals surface area contributed by atoms with E-state index >= 15 is 0 Å². The van der Waals surface area contributed by atoms with Gasteiger partial charge in [-0.2, -0.15) is 0 Å². The normalized spacial score (nSPS) is 22.8. The number of ether oxygens (including phenoxy) is 1. The number of allylic oxidation sites excluding steroid dienone is 1. The van der Waals surface area contributed by atoms with Crippen LogP contribution in [0.2, 0.25) is 0 Å². The van der Waals surface area contributed by atoms with Gasteiger partial charge < -0.3 is 14.7 Å². The summed E-state index contributed by atoms with van der Waals surface area (Å²) in [5, 5.41) is 10.5. The lowest BCUT2D eigenvalue weighted by atomic mass is 9.91. The Labute approximate surface area is 178 Å². The zero-order chi connectivity index (χ0) is 21.4. The number of fused-ring (bicyclic) bond motifs is 1. The van der Waals surface area contributed by atoms with Crippen LogP contribution in [0.15, 0.2) is 42.2 Å². The van der Waals surface area contributed by atoms with E-state index in [0.717, 1.165) is 24.3 Å². The number of phenols is 1. The third-order valence-corrected chi connectivity index (χ3v) is 5.95. The second-order valence-electron chi connectivity index (χ2n) is 9.01. The minimum Gasteiger partial charge on any atom is -0.507 e. The van der Waals surface area contributed by atoms with Crippen molar-refractivity contribution in [3.8, 4) is 11.5 Å². The van der Waals surface area contributed by atoms with Crippen molar-refractivity contribution in [1.82, 2.24) is 4.90 Å². The molecule has 0 radical (unpaired) electrons. The quantitative estimate of drug-likeness (QED) is 0.755. The molecule has 4 rings (SSSR count). The topological polar surface area (TPSA) is 53.0 Å². The van der Waals surface area contributed by atoms with E-state index in [2.05, 4.69) is 18.7 Å². The lowest BCUT2D eigenvalue weighted by Crippen LogP contribution is -2.38. The van der Waals surface area contributed by atoms with Crippen LogP contribution in [0.25, 0.3) is 6.08 Å². The predicted molar refractivity (Wildman–Crippen MR) is 120 cm³/mol. The predicted octanol–water partition coefficient (Wildman–Crippen LogP) is 4.55. The van der Waals surface area contributed by atoms with Gasteiger partial charge in [0.05, 0.1) is 11.1 Å². The third-order valence-electron chi connectivity index (χ3n) is 5.95. The van der Waals surface area contributed by atoms with Gasteiger partial charge in [0.15, 0.2) is 5.76 Å². The second kappa shape index (κ2) is 8.15. The summed E-state index contributed by atoms with van der Waals surface area (Å²) < 4.78 is 6.02. The van der Waals surface area contributed by atoms with Crippen molar-refractivity contribution in [1.29, 1.82) is 0 Å². The van der Waals surface area contributed by atoms with E-state index in [0.29, 0.717) is 41.0 Å². The number of ketones is 1. The molecular weight excluding hydrogens is 376 g/mol. The van der Waals surface area contributed by atoms with Gasteiger partial charge in [-0.05, 0) is 54.2 Å². The SMILES string of the molecule is CC1CC(C)CN(Cc2c(O)ccc3c2O/C(=C/c2ccc(N(C)C)cc2)C3=O)C1. The lowest BCUT2D eigenvalue weighted by molar-refractivity contribution is 0.101. The number of rotatable bonds is 4. The maximum Gasteiger partial charge on any atom is 0.231 e. The maximum absolute atomic E-state index is 12.9. The summed E-state index contributed by atoms with van der Waals surface area (Å²) >= 11 is 0. The Kier molecular flexibility index (Phi) is 5.56. The molecule has 0 aliphatic carbocycles. The first kappa shape index (κ1) is 20.5. The number of nitrogens with zero attached hydrogens (tertiary/aromatic N) is 2. The van der Waals surface area contributed by atoms with Crippen molar-refractivity contribution in [2.24, 2.45) is 11.8 Å². The molecule has 1 saturated heterocycles. The van der Waals surface area contributed by atoms with Gasteiger partial charge >= 0.3 is 0 Å². The van der Waals surface area contributed by atoms with Gasteiger partial charge in [-0.1, -0.05) is 26.0 Å². The van der Waals surface area contributed by atoms with E-state index in [4.69, 9.17) is 4.74 Å². The molecule has 0 saturated carbocycles. The summed E-state index contributed by atoms with van der Waals surface area (Å²) in [6.07, 6.45) is 3.00. The Morgan fingerprint density at radius 1 is 1.10 bits per heavy atom. The van der Waals surface area contributed by atoms with Crippen molar-refractivity contribution in [2.75, 3.05) is 32.1 Å². The summed E-state index contributed by atoms with van der Waals surface area (Å²) in [6.45, 7) is 7.09. The van der Waals surface area contributed by atoms with E-state index in [1.807, 2.05) is 43.3 Å². The number of carbonyl (C=O) groups is 1. The minimum absolute atomic E-state index is 0.136. The fourth-order valence-electron chi connectivity index (χ4n) is 4.61. The van der Waals surface area contributed by atoms with Crippen LogP contribution in [-0.2, 0) is 6.54 Å². The van der Waals surface area contributed by atoms with Gasteiger partial charge in [0, 0.05) is 39.4 Å². The molecule has 0 amide bonds. The number of hydrogen-bond donors (Lipinski definition) is 1. The van der Waals surface area contributed by atoms with Gasteiger partial charge in [0.1, 0.15) is 11.5 Å². The van der Waals surface area contributed by atoms with Crippen LogP contribution in [-0.4, -0.2) is 43.0 Å². The molecule has 2 aromatic rings. The van der Waals surface area contributed by atoms with Gasteiger partial charge in [-0.15, -0.1) is 0 Å². The average molecular weight is 407 g/mol. The number of piperidine rings is 1. The van der Waals surface area contributed by atoms with E-state index < -0.39 is 0 Å². The number of phenolic OH excluding ortho intramolecular Hbond substituents is 1. The molecule has 30 heavy (non-hydrogen) atoms. The zero-order valence-electron chi connectivity index (χ0n) is 18.2. The number of anilines is 1. The highest BCUT2D eigenvalue weighted by atomic mass is 16.5. The number of likely N-dealkylation sites (tertiary alicyclic amines) is 1. The summed E-state index contributed by atoms with van der Waals surface area (Å²) in [4.78, 5) is 17.3. The van der Waals surface area contributed by atoms with Crippen LogP contribution < -0.4 is 9.64 Å². The van der Waals surface area contributed by atoms with Crippen LogP contribution in [0, 0.1) is 11.8 Å². The molecule has 158 valence electrons. The molecule has 2 heterocycles. The Bertz CT molecular complexity index is 969. The molecule has 2 aliphatic rings. The minimum atomic E-state index is -0.136. The van der Waals surface area contributed by atoms with E-state index in [1.54, 1.807) is 18.2 Å². The molecule has 1 N–H and O–H groups in total. The first-order valence-corrected chi connectivity index (χ1v) is 10.6. The highest BCUT2D eigenvalue weighted by Gasteiger charge is 2.32. The van der Waals surface area contributed by atoms with E-state index in [-0.39, 0.29) is 11.5 Å². The molecule has 2 unspecified atom stereocenters. The largest absolute Gasteiger partial charge is 0.507 e. The Balaban J connectivity index is 1.60. The van der Waals surface area contributed by atoms with E-state index in [9.17, 15) is 9.90 Å². The maximum atomic E-state index is 12.9. The first-order chi connectivity index (χ1) is 14.3. The van der Waals surface area contributed by atoms with Crippen LogP contribution in [0.3, 0.4) is 0 Å². The van der Waals surface area contributed by atoms with Gasteiger partial charge in [0.2, 0.25) is 5.78 Å². The molecule has 0 aromatic heterocycles. The summed E-state index contributed by atoms with van der Waals surface area (Å²) in [6, 6.07) is 11.2. The highest BCUT2D eigenvalue weighted by Crippen LogP contribution is 2.40. The molecule has 2 aliphatic heterocycles. The monoisotopic (exact) mass is 406 g/mol. The zero-order valence-corrected chi connectivity index (χ0v) is 18.2. The third kappa shape index (κ3) is 4.08. The Morgan fingerprint density at radius 3 is 2.40 bits per heavy atom. The van der Waals surface area contributed by atoms with Crippen LogP contribution >= 0.6 is 0 Å². The van der Waals surface area contributed by atoms with E-state index in [1.165, 1.54) is 6.42 Å². The van der Waals surface area contributed by atoms with Crippen molar-refractivity contribution >= 4 is 17.5 Å². The molecule has 0 spiro atoms. The van der Waals surface area contributed by atoms with Crippen LogP contribution in [0.1, 0.15) is 41.8 Å². The number of Topliss-reactive ketones (excluding diaryl/α,β-unsaturated/α-hetero) is 1. The van der Waals surface area contributed by atoms with Crippen LogP contribution in [0.5, 0.6) is 11.5 Å². The highest BCUT2D eigenvalue weighted by molar-refractivity contribution is 6.15. The molecule has 0 bridgehead atoms. The van der Waals surface area contributed by atoms with Crippen molar-refractivity contribution in [3.63, 3.8) is 0 Å². The van der Waals surface area contributed by atoms with Crippen molar-refractivity contribution in [2.45, 2.75) is 26.8 Å². The number of carbonyl (C=O) groups excluding carboxylic acids is 1. The molecule has 2 atom stereocenters. The number of aromatic hydroxyl groups is 1. The smallest absolute Gasteiger partial charge is 0.231 e. The summed E-state index contributed by atoms with van der Waals surface area (Å²) in [5.74, 6) is 2.09. The molecule has 5 heteroatoms. The Hall–Kier alpha value is -2.79. The fourth-order valence-corrected chi connectivity index (χ4v) is 4.61. The number of benzene rings is 2. The number of hydrogen-bond acceptors (Lipinski definition) is 5. The van der Waals surface area contributed by atoms with Crippen molar-refractivity contribution < 1.29 is 14.6 Å². The Morgan fingerprint density at radius 2 is 1.77 bits per heavy atom. The van der Waals surface area contributed by atoms with Gasteiger partial charge in [-0.3, -0.25) is 9.69 Å². The molecule has 5 nitrogen and oxygen atoms in total. The average Bonchev–Trinajstić information content (AvgIpc) is 2.99. The van der Waals surface area contributed by atoms with Gasteiger partial charge in [0.25, 0.3) is 0 Å². The molecular formula is C25H30N2O3. The molecule has 2 aromatic carbocycles. The van der Waals surface area contributed by atoms with Crippen LogP contribution in [0.4, 0.5) is 5.69 Å².